The number of Topliss-reactive ketones (excluding diaryl/α,β-unsaturated/α-hetero) is 2. The van der Waals surface area contributed by atoms with Gasteiger partial charge in [-0.05, 0) is 90.9 Å². The van der Waals surface area contributed by atoms with Crippen LogP contribution >= 0.6 is 0 Å². The average Bonchev–Trinajstić information content (AvgIpc) is 2.93. The quantitative estimate of drug-likeness (QED) is 0.134. The molecule has 0 radical (unpaired) electrons. The van der Waals surface area contributed by atoms with Gasteiger partial charge in [-0.15, -0.1) is 0 Å². The summed E-state index contributed by atoms with van der Waals surface area (Å²) in [6, 6.07) is -4.43. The number of rotatable bonds is 12. The summed E-state index contributed by atoms with van der Waals surface area (Å²) in [7, 11) is -8.42. The highest BCUT2D eigenvalue weighted by Gasteiger charge is 2.34. The molecule has 3 rings (SSSR count). The lowest BCUT2D eigenvalue weighted by molar-refractivity contribution is -0.132. The van der Waals surface area contributed by atoms with Crippen molar-refractivity contribution in [2.45, 2.75) is 138 Å². The van der Waals surface area contributed by atoms with Crippen molar-refractivity contribution in [3.05, 3.63) is 0 Å². The second-order valence-corrected chi connectivity index (χ2v) is 15.4. The first-order chi connectivity index (χ1) is 20.5. The number of hydrogen-bond donors (Lipinski definition) is 4. The van der Waals surface area contributed by atoms with Gasteiger partial charge >= 0.3 is 0 Å². The Morgan fingerprint density at radius 1 is 0.614 bits per heavy atom. The third kappa shape index (κ3) is 10.7. The molecule has 0 aliphatic heterocycles. The largest absolute Gasteiger partial charge is 0.351 e. The first kappa shape index (κ1) is 35.8. The lowest BCUT2D eigenvalue weighted by atomic mass is 9.90. The van der Waals surface area contributed by atoms with Crippen LogP contribution in [0.15, 0.2) is 20.5 Å². The molecule has 0 aromatic carbocycles. The van der Waals surface area contributed by atoms with E-state index in [1.165, 1.54) is 13.8 Å². The molecule has 0 spiro atoms. The predicted octanol–water partition coefficient (Wildman–Crippen LogP) is 1.75. The number of carbonyl (C=O) groups is 4. The molecule has 0 saturated heterocycles. The number of nitrogens with zero attached hydrogens (tertiary/aromatic N) is 4. The van der Waals surface area contributed by atoms with Crippen molar-refractivity contribution in [2.75, 3.05) is 0 Å². The highest BCUT2D eigenvalue weighted by atomic mass is 32.2. The molecule has 44 heavy (non-hydrogen) atoms. The minimum atomic E-state index is -4.21. The zero-order valence-corrected chi connectivity index (χ0v) is 26.5. The Bertz CT molecular complexity index is 1240. The molecule has 2 amide bonds. The number of ketones is 2. The second-order valence-electron chi connectivity index (χ2n) is 12.0. The number of hydrogen-bond acceptors (Lipinski definition) is 12. The van der Waals surface area contributed by atoms with E-state index < -0.39 is 78.3 Å². The van der Waals surface area contributed by atoms with Crippen LogP contribution in [-0.4, -0.2) is 96.1 Å². The highest BCUT2D eigenvalue weighted by Crippen LogP contribution is 2.27. The summed E-state index contributed by atoms with van der Waals surface area (Å²) in [6.45, 7) is 2.42. The van der Waals surface area contributed by atoms with Gasteiger partial charge in [0.05, 0.1) is 22.6 Å². The van der Waals surface area contributed by atoms with Crippen LogP contribution < -0.4 is 10.6 Å². The van der Waals surface area contributed by atoms with Gasteiger partial charge in [-0.3, -0.25) is 28.3 Å². The van der Waals surface area contributed by atoms with Crippen LogP contribution in [0, 0.1) is 0 Å². The smallest absolute Gasteiger partial charge is 0.267 e. The fraction of sp³-hybridized carbons (Fsp3) is 0.846. The summed E-state index contributed by atoms with van der Waals surface area (Å²) < 4.78 is 64.6. The van der Waals surface area contributed by atoms with Gasteiger partial charge in [0.25, 0.3) is 32.1 Å². The zero-order chi connectivity index (χ0) is 32.7. The van der Waals surface area contributed by atoms with Crippen LogP contribution in [0.1, 0.15) is 90.9 Å². The molecule has 16 nitrogen and oxygen atoms in total. The average molecular weight is 663 g/mol. The van der Waals surface area contributed by atoms with E-state index in [2.05, 4.69) is 31.1 Å². The fourth-order valence-electron chi connectivity index (χ4n) is 5.89. The summed E-state index contributed by atoms with van der Waals surface area (Å²) >= 11 is 0. The molecule has 3 fully saturated rings. The van der Waals surface area contributed by atoms with Crippen molar-refractivity contribution in [1.82, 2.24) is 10.6 Å². The monoisotopic (exact) mass is 662 g/mol. The molecule has 18 heteroatoms. The standard InChI is InChI=1S/C26H42N6O10S2/c1-15(33)23(31-29-19-5-3-7-21(13-19)43(37,38)39)25(35)27-17-9-11-18(12-10-17)28-26(36)24(16(2)34)32-30-20-6-4-8-22(14-20)44(40,41)42/h17-24H,3-14H2,1-2H3,(H,27,35)(H,28,36)(H,37,38,39)(H,40,41,42). The molecule has 0 heterocycles. The number of amides is 2. The van der Waals surface area contributed by atoms with Gasteiger partial charge < -0.3 is 10.6 Å². The van der Waals surface area contributed by atoms with E-state index >= 15 is 0 Å². The summed E-state index contributed by atoms with van der Waals surface area (Å²) in [5.41, 5.74) is 0. The predicted molar refractivity (Wildman–Crippen MR) is 156 cm³/mol. The maximum atomic E-state index is 12.9. The second kappa shape index (κ2) is 15.5. The van der Waals surface area contributed by atoms with Gasteiger partial charge in [-0.1, -0.05) is 0 Å². The number of carbonyl (C=O) groups excluding carboxylic acids is 4. The Balaban J connectivity index is 1.49. The van der Waals surface area contributed by atoms with Crippen LogP contribution in [0.3, 0.4) is 0 Å². The van der Waals surface area contributed by atoms with E-state index in [1.54, 1.807) is 0 Å². The van der Waals surface area contributed by atoms with Crippen LogP contribution in [0.5, 0.6) is 0 Å². The van der Waals surface area contributed by atoms with E-state index in [0.717, 1.165) is 0 Å². The van der Waals surface area contributed by atoms with Crippen molar-refractivity contribution in [3.63, 3.8) is 0 Å². The van der Waals surface area contributed by atoms with Crippen LogP contribution in [-0.2, 0) is 39.4 Å². The van der Waals surface area contributed by atoms with Crippen molar-refractivity contribution < 1.29 is 45.1 Å². The molecule has 3 aliphatic carbocycles. The van der Waals surface area contributed by atoms with Crippen molar-refractivity contribution in [1.29, 1.82) is 0 Å². The lowest BCUT2D eigenvalue weighted by Gasteiger charge is -2.30. The third-order valence-electron chi connectivity index (χ3n) is 8.42. The molecular formula is C26H42N6O10S2. The first-order valence-corrected chi connectivity index (χ1v) is 17.9. The van der Waals surface area contributed by atoms with E-state index in [9.17, 15) is 45.1 Å². The summed E-state index contributed by atoms with van der Waals surface area (Å²) in [5, 5.41) is 19.6. The number of azo groups is 2. The van der Waals surface area contributed by atoms with Gasteiger partial charge in [0, 0.05) is 12.1 Å². The molecule has 248 valence electrons. The van der Waals surface area contributed by atoms with Crippen LogP contribution in [0.2, 0.25) is 0 Å². The topological polar surface area (TPSA) is 251 Å². The minimum Gasteiger partial charge on any atom is -0.351 e. The van der Waals surface area contributed by atoms with Crippen LogP contribution in [0.25, 0.3) is 0 Å². The molecule has 0 bridgehead atoms. The maximum absolute atomic E-state index is 12.9. The lowest BCUT2D eigenvalue weighted by Crippen LogP contribution is -2.49. The van der Waals surface area contributed by atoms with Gasteiger partial charge in [-0.25, -0.2) is 0 Å². The minimum absolute atomic E-state index is 0.0608. The van der Waals surface area contributed by atoms with Gasteiger partial charge in [-0.2, -0.15) is 37.3 Å². The summed E-state index contributed by atoms with van der Waals surface area (Å²) in [4.78, 5) is 50.0. The highest BCUT2D eigenvalue weighted by molar-refractivity contribution is 7.86. The molecule has 4 N–H and O–H groups in total. The van der Waals surface area contributed by atoms with E-state index in [4.69, 9.17) is 0 Å². The van der Waals surface area contributed by atoms with E-state index in [-0.39, 0.29) is 24.9 Å². The Labute approximate surface area is 257 Å². The first-order valence-electron chi connectivity index (χ1n) is 14.9. The Morgan fingerprint density at radius 2 is 0.955 bits per heavy atom. The fourth-order valence-corrected chi connectivity index (χ4v) is 7.75. The summed E-state index contributed by atoms with van der Waals surface area (Å²) in [5.74, 6) is -2.32. The third-order valence-corrected chi connectivity index (χ3v) is 11.0. The Hall–Kier alpha value is -2.70. The molecule has 0 aromatic rings. The molecule has 6 atom stereocenters. The molecule has 3 saturated carbocycles. The van der Waals surface area contributed by atoms with Gasteiger partial charge in [0.15, 0.2) is 11.6 Å². The van der Waals surface area contributed by atoms with E-state index in [0.29, 0.717) is 64.2 Å². The van der Waals surface area contributed by atoms with Crippen molar-refractivity contribution >= 4 is 43.6 Å². The van der Waals surface area contributed by atoms with Crippen LogP contribution in [0.4, 0.5) is 0 Å². The van der Waals surface area contributed by atoms with Crippen molar-refractivity contribution in [2.24, 2.45) is 20.5 Å². The van der Waals surface area contributed by atoms with Gasteiger partial charge in [0.2, 0.25) is 12.1 Å². The van der Waals surface area contributed by atoms with Gasteiger partial charge in [0.1, 0.15) is 0 Å². The zero-order valence-electron chi connectivity index (χ0n) is 24.9. The summed E-state index contributed by atoms with van der Waals surface area (Å²) in [6.07, 6.45) is 4.72. The van der Waals surface area contributed by atoms with Crippen molar-refractivity contribution in [3.8, 4) is 0 Å². The normalized spacial score (nSPS) is 30.0. The molecular weight excluding hydrogens is 620 g/mol. The molecule has 0 aromatic heterocycles. The number of nitrogens with one attached hydrogen (secondary N) is 2. The SMILES string of the molecule is CC(=O)C(N=NC1CCCC(S(=O)(=O)O)C1)C(=O)NC1CCC(NC(=O)C(N=NC2CCCC(S(=O)(=O)O)C2)C(C)=O)CC1. The van der Waals surface area contributed by atoms with E-state index in [1.807, 2.05) is 0 Å². The Morgan fingerprint density at radius 3 is 1.25 bits per heavy atom. The maximum Gasteiger partial charge on any atom is 0.267 e. The molecule has 6 unspecified atom stereocenters. The Kier molecular flexibility index (Phi) is 12.6. The molecule has 3 aliphatic rings.